The van der Waals surface area contributed by atoms with Crippen LogP contribution >= 0.6 is 0 Å². The molecule has 0 saturated carbocycles. The monoisotopic (exact) mass is 385 g/mol. The van der Waals surface area contributed by atoms with Gasteiger partial charge in [-0.3, -0.25) is 14.6 Å². The van der Waals surface area contributed by atoms with Gasteiger partial charge in [0.1, 0.15) is 5.69 Å². The van der Waals surface area contributed by atoms with Crippen molar-refractivity contribution < 1.29 is 9.59 Å². The van der Waals surface area contributed by atoms with Crippen molar-refractivity contribution in [1.29, 1.82) is 0 Å². The Morgan fingerprint density at radius 2 is 1.79 bits per heavy atom. The Morgan fingerprint density at radius 1 is 1.03 bits per heavy atom. The molecule has 1 N–H and O–H groups in total. The molecule has 1 unspecified atom stereocenters. The number of rotatable bonds is 4. The number of para-hydroxylation sites is 1. The number of benzene rings is 2. The molecule has 146 valence electrons. The molecule has 0 bridgehead atoms. The van der Waals surface area contributed by atoms with E-state index in [0.29, 0.717) is 12.1 Å². The number of carbonyl (C=O) groups is 2. The highest BCUT2D eigenvalue weighted by Crippen LogP contribution is 2.28. The van der Waals surface area contributed by atoms with Crippen molar-refractivity contribution in [3.8, 4) is 0 Å². The van der Waals surface area contributed by atoms with Crippen molar-refractivity contribution >= 4 is 17.5 Å². The Morgan fingerprint density at radius 3 is 2.62 bits per heavy atom. The van der Waals surface area contributed by atoms with Gasteiger partial charge in [-0.05, 0) is 49.1 Å². The van der Waals surface area contributed by atoms with Crippen LogP contribution in [0.3, 0.4) is 0 Å². The number of carbonyl (C=O) groups excluding carboxylic acids is 2. The van der Waals surface area contributed by atoms with Gasteiger partial charge in [-0.15, -0.1) is 0 Å². The number of hydrogen-bond donors (Lipinski definition) is 1. The van der Waals surface area contributed by atoms with E-state index >= 15 is 0 Å². The van der Waals surface area contributed by atoms with Gasteiger partial charge in [-0.2, -0.15) is 0 Å². The molecule has 0 spiro atoms. The normalized spacial score (nSPS) is 14.0. The molecule has 0 saturated heterocycles. The Hall–Kier alpha value is -3.47. The molecule has 5 heteroatoms. The van der Waals surface area contributed by atoms with E-state index in [1.54, 1.807) is 17.0 Å². The van der Waals surface area contributed by atoms with Crippen LogP contribution in [-0.2, 0) is 6.42 Å². The average molecular weight is 385 g/mol. The summed E-state index contributed by atoms with van der Waals surface area (Å²) in [5.41, 5.74) is 3.84. The minimum absolute atomic E-state index is 0.107. The third-order valence-electron chi connectivity index (χ3n) is 5.24. The minimum atomic E-state index is -0.296. The van der Waals surface area contributed by atoms with Crippen LogP contribution in [0.5, 0.6) is 0 Å². The molecule has 1 aliphatic rings. The Bertz CT molecular complexity index is 1030. The largest absolute Gasteiger partial charge is 0.344 e. The number of pyridine rings is 1. The molecule has 1 atom stereocenters. The van der Waals surface area contributed by atoms with Gasteiger partial charge >= 0.3 is 0 Å². The van der Waals surface area contributed by atoms with E-state index in [-0.39, 0.29) is 23.6 Å². The van der Waals surface area contributed by atoms with Crippen LogP contribution in [0.15, 0.2) is 72.9 Å². The van der Waals surface area contributed by atoms with Crippen molar-refractivity contribution in [2.45, 2.75) is 25.8 Å². The van der Waals surface area contributed by atoms with E-state index in [1.165, 1.54) is 11.8 Å². The van der Waals surface area contributed by atoms with Gasteiger partial charge in [0.05, 0.1) is 6.04 Å². The van der Waals surface area contributed by atoms with Crippen molar-refractivity contribution in [1.82, 2.24) is 10.3 Å². The lowest BCUT2D eigenvalue weighted by atomic mass is 10.0. The maximum atomic E-state index is 13.1. The van der Waals surface area contributed by atoms with Crippen LogP contribution in [0.25, 0.3) is 0 Å². The second kappa shape index (κ2) is 8.27. The van der Waals surface area contributed by atoms with Gasteiger partial charge in [-0.1, -0.05) is 48.5 Å². The fourth-order valence-corrected chi connectivity index (χ4v) is 3.68. The topological polar surface area (TPSA) is 62.3 Å². The van der Waals surface area contributed by atoms with Gasteiger partial charge in [0.25, 0.3) is 11.8 Å². The zero-order valence-electron chi connectivity index (χ0n) is 16.3. The highest BCUT2D eigenvalue weighted by atomic mass is 16.2. The summed E-state index contributed by atoms with van der Waals surface area (Å²) in [5, 5.41) is 2.95. The highest BCUT2D eigenvalue weighted by Gasteiger charge is 2.24. The fraction of sp³-hybridized carbons (Fsp3) is 0.208. The molecule has 4 rings (SSSR count). The maximum Gasteiger partial charge on any atom is 0.270 e. The van der Waals surface area contributed by atoms with Crippen molar-refractivity contribution in [3.05, 3.63) is 95.3 Å². The molecule has 0 fully saturated rings. The molecule has 1 aliphatic heterocycles. The van der Waals surface area contributed by atoms with E-state index < -0.39 is 0 Å². The molecule has 3 aromatic rings. The third-order valence-corrected chi connectivity index (χ3v) is 5.24. The summed E-state index contributed by atoms with van der Waals surface area (Å²) >= 11 is 0. The summed E-state index contributed by atoms with van der Waals surface area (Å²) < 4.78 is 0. The smallest absolute Gasteiger partial charge is 0.270 e. The number of aryl methyl sites for hydroxylation is 1. The third kappa shape index (κ3) is 4.04. The van der Waals surface area contributed by atoms with Gasteiger partial charge in [0.15, 0.2) is 0 Å². The summed E-state index contributed by atoms with van der Waals surface area (Å²) in [6, 6.07) is 20.8. The predicted octanol–water partition coefficient (Wildman–Crippen LogP) is 4.17. The molecular weight excluding hydrogens is 362 g/mol. The molecule has 2 heterocycles. The zero-order valence-corrected chi connectivity index (χ0v) is 16.3. The molecule has 2 aromatic carbocycles. The van der Waals surface area contributed by atoms with Gasteiger partial charge in [-0.25, -0.2) is 0 Å². The van der Waals surface area contributed by atoms with Gasteiger partial charge in [0, 0.05) is 24.0 Å². The van der Waals surface area contributed by atoms with Crippen LogP contribution in [-0.4, -0.2) is 23.3 Å². The summed E-state index contributed by atoms with van der Waals surface area (Å²) in [7, 11) is 0. The Balaban J connectivity index is 1.53. The van der Waals surface area contributed by atoms with Crippen LogP contribution in [0.2, 0.25) is 0 Å². The SMILES string of the molecule is CC(NC(=O)c1cc(C(=O)N2CCCc3ccccc32)ccn1)c1ccccc1. The Kier molecular flexibility index (Phi) is 5.38. The van der Waals surface area contributed by atoms with Crippen LogP contribution < -0.4 is 10.2 Å². The number of anilines is 1. The summed E-state index contributed by atoms with van der Waals surface area (Å²) in [6.45, 7) is 2.59. The molecule has 2 amide bonds. The fourth-order valence-electron chi connectivity index (χ4n) is 3.68. The molecule has 1 aromatic heterocycles. The van der Waals surface area contributed by atoms with E-state index in [2.05, 4.69) is 16.4 Å². The first-order chi connectivity index (χ1) is 14.1. The number of hydrogen-bond acceptors (Lipinski definition) is 3. The number of fused-ring (bicyclic) bond motifs is 1. The van der Waals surface area contributed by atoms with Crippen molar-refractivity contribution in [2.75, 3.05) is 11.4 Å². The lowest BCUT2D eigenvalue weighted by Crippen LogP contribution is -2.35. The lowest BCUT2D eigenvalue weighted by molar-refractivity contribution is 0.0935. The molecule has 0 aliphatic carbocycles. The summed E-state index contributed by atoms with van der Waals surface area (Å²) in [4.78, 5) is 31.8. The zero-order chi connectivity index (χ0) is 20.2. The number of aromatic nitrogens is 1. The average Bonchev–Trinajstić information content (AvgIpc) is 2.79. The first-order valence-electron chi connectivity index (χ1n) is 9.85. The standard InChI is InChI=1S/C24H23N3O2/c1-17(18-8-3-2-4-9-18)26-23(28)21-16-20(13-14-25-21)24(29)27-15-7-11-19-10-5-6-12-22(19)27/h2-6,8-10,12-14,16-17H,7,11,15H2,1H3,(H,26,28). The van der Waals surface area contributed by atoms with E-state index in [0.717, 1.165) is 24.1 Å². The Labute approximate surface area is 170 Å². The van der Waals surface area contributed by atoms with E-state index in [1.807, 2.05) is 55.5 Å². The molecule has 5 nitrogen and oxygen atoms in total. The second-order valence-electron chi connectivity index (χ2n) is 7.22. The maximum absolute atomic E-state index is 13.1. The van der Waals surface area contributed by atoms with E-state index in [4.69, 9.17) is 0 Å². The first-order valence-corrected chi connectivity index (χ1v) is 9.85. The predicted molar refractivity (Wildman–Crippen MR) is 113 cm³/mol. The molecule has 29 heavy (non-hydrogen) atoms. The second-order valence-corrected chi connectivity index (χ2v) is 7.22. The lowest BCUT2D eigenvalue weighted by Gasteiger charge is -2.29. The van der Waals surface area contributed by atoms with Crippen molar-refractivity contribution in [2.24, 2.45) is 0 Å². The summed E-state index contributed by atoms with van der Waals surface area (Å²) in [6.07, 6.45) is 3.42. The number of nitrogens with one attached hydrogen (secondary N) is 1. The van der Waals surface area contributed by atoms with Crippen LogP contribution in [0.1, 0.15) is 51.4 Å². The van der Waals surface area contributed by atoms with E-state index in [9.17, 15) is 9.59 Å². The highest BCUT2D eigenvalue weighted by molar-refractivity contribution is 6.07. The quantitative estimate of drug-likeness (QED) is 0.733. The molecule has 0 radical (unpaired) electrons. The van der Waals surface area contributed by atoms with Crippen molar-refractivity contribution in [3.63, 3.8) is 0 Å². The van der Waals surface area contributed by atoms with Crippen LogP contribution in [0.4, 0.5) is 5.69 Å². The molecular formula is C24H23N3O2. The minimum Gasteiger partial charge on any atom is -0.344 e. The van der Waals surface area contributed by atoms with Crippen LogP contribution in [0, 0.1) is 0 Å². The first kappa shape index (κ1) is 18.9. The van der Waals surface area contributed by atoms with Gasteiger partial charge < -0.3 is 10.2 Å². The van der Waals surface area contributed by atoms with Gasteiger partial charge in [0.2, 0.25) is 0 Å². The summed E-state index contributed by atoms with van der Waals surface area (Å²) in [5.74, 6) is -0.403. The number of amides is 2. The number of nitrogens with zero attached hydrogens (tertiary/aromatic N) is 2.